The molecule has 7 heteroatoms. The fraction of sp³-hybridized carbons (Fsp3) is 0.526. The first kappa shape index (κ1) is 17.4. The molecule has 1 N–H and O–H groups in total. The van der Waals surface area contributed by atoms with Gasteiger partial charge in [-0.3, -0.25) is 14.5 Å². The Bertz CT molecular complexity index is 761. The van der Waals surface area contributed by atoms with E-state index >= 15 is 0 Å². The second-order valence-electron chi connectivity index (χ2n) is 7.05. The molecule has 1 aromatic heterocycles. The molecule has 2 heterocycles. The summed E-state index contributed by atoms with van der Waals surface area (Å²) >= 11 is 1.68. The summed E-state index contributed by atoms with van der Waals surface area (Å²) < 4.78 is 1.19. The van der Waals surface area contributed by atoms with Crippen molar-refractivity contribution in [1.29, 1.82) is 0 Å². The van der Waals surface area contributed by atoms with Gasteiger partial charge in [0.25, 0.3) is 0 Å². The molecule has 0 unspecified atom stereocenters. The molecule has 0 spiro atoms. The van der Waals surface area contributed by atoms with E-state index in [9.17, 15) is 9.59 Å². The number of hydrogen-bond acceptors (Lipinski definition) is 5. The zero-order valence-corrected chi connectivity index (χ0v) is 15.6. The summed E-state index contributed by atoms with van der Waals surface area (Å²) in [6, 6.07) is 8.10. The van der Waals surface area contributed by atoms with Crippen molar-refractivity contribution < 1.29 is 9.59 Å². The first-order valence-electron chi connectivity index (χ1n) is 9.31. The molecule has 4 rings (SSSR count). The van der Waals surface area contributed by atoms with Crippen LogP contribution in [0.25, 0.3) is 10.2 Å². The number of benzene rings is 1. The van der Waals surface area contributed by atoms with Crippen molar-refractivity contribution in [3.8, 4) is 0 Å². The first-order chi connectivity index (χ1) is 12.7. The van der Waals surface area contributed by atoms with Gasteiger partial charge >= 0.3 is 0 Å². The fourth-order valence-corrected chi connectivity index (χ4v) is 4.28. The third kappa shape index (κ3) is 4.22. The third-order valence-corrected chi connectivity index (χ3v) is 6.07. The number of thiazole rings is 1. The number of carbonyl (C=O) groups excluding carboxylic acids is 2. The second-order valence-corrected chi connectivity index (χ2v) is 8.17. The van der Waals surface area contributed by atoms with Gasteiger partial charge in [-0.1, -0.05) is 12.1 Å². The molecule has 2 amide bonds. The normalized spacial score (nSPS) is 18.2. The van der Waals surface area contributed by atoms with Crippen molar-refractivity contribution >= 4 is 33.4 Å². The first-order valence-corrected chi connectivity index (χ1v) is 10.1. The number of aromatic nitrogens is 1. The Hall–Kier alpha value is -1.99. The lowest BCUT2D eigenvalue weighted by Gasteiger charge is -2.34. The summed E-state index contributed by atoms with van der Waals surface area (Å²) in [7, 11) is 0. The molecule has 1 aromatic carbocycles. The van der Waals surface area contributed by atoms with E-state index in [4.69, 9.17) is 0 Å². The largest absolute Gasteiger partial charge is 0.355 e. The molecule has 2 aliphatic rings. The number of fused-ring (bicyclic) bond motifs is 1. The topological polar surface area (TPSA) is 65.5 Å². The van der Waals surface area contributed by atoms with Crippen molar-refractivity contribution in [2.24, 2.45) is 5.92 Å². The SMILES string of the molecule is O=C(CN1CCN(C(=O)C2CC2)CC1)NCCc1nc2ccccc2s1. The zero-order chi connectivity index (χ0) is 17.9. The summed E-state index contributed by atoms with van der Waals surface area (Å²) in [6.45, 7) is 4.07. The quantitative estimate of drug-likeness (QED) is 0.835. The molecule has 1 aliphatic carbocycles. The molecule has 2 aromatic rings. The minimum absolute atomic E-state index is 0.0491. The summed E-state index contributed by atoms with van der Waals surface area (Å²) in [5.74, 6) is 0.644. The molecule has 0 atom stereocenters. The number of piperazine rings is 1. The lowest BCUT2D eigenvalue weighted by atomic mass is 10.2. The minimum Gasteiger partial charge on any atom is -0.355 e. The molecule has 1 saturated carbocycles. The predicted molar refractivity (Wildman–Crippen MR) is 102 cm³/mol. The lowest BCUT2D eigenvalue weighted by Crippen LogP contribution is -2.51. The maximum Gasteiger partial charge on any atom is 0.234 e. The summed E-state index contributed by atoms with van der Waals surface area (Å²) in [6.07, 6.45) is 2.86. The molecule has 0 bridgehead atoms. The van der Waals surface area contributed by atoms with E-state index in [2.05, 4.69) is 21.3 Å². The Morgan fingerprint density at radius 3 is 2.65 bits per heavy atom. The third-order valence-electron chi connectivity index (χ3n) is 4.98. The van der Waals surface area contributed by atoms with Crippen LogP contribution in [0.2, 0.25) is 0 Å². The molecule has 2 fully saturated rings. The summed E-state index contributed by atoms with van der Waals surface area (Å²) in [5.41, 5.74) is 1.03. The van der Waals surface area contributed by atoms with E-state index in [0.29, 0.717) is 19.0 Å². The van der Waals surface area contributed by atoms with Crippen molar-refractivity contribution in [1.82, 2.24) is 20.1 Å². The van der Waals surface area contributed by atoms with E-state index in [1.165, 1.54) is 4.70 Å². The number of para-hydroxylation sites is 1. The second kappa shape index (κ2) is 7.72. The van der Waals surface area contributed by atoms with E-state index in [0.717, 1.165) is 56.0 Å². The number of rotatable bonds is 6. The molecule has 1 aliphatic heterocycles. The van der Waals surface area contributed by atoms with Crippen LogP contribution in [0.1, 0.15) is 17.8 Å². The van der Waals surface area contributed by atoms with Crippen molar-refractivity contribution in [3.63, 3.8) is 0 Å². The molecule has 0 radical (unpaired) electrons. The van der Waals surface area contributed by atoms with Gasteiger partial charge in [-0.25, -0.2) is 4.98 Å². The molecule has 1 saturated heterocycles. The Morgan fingerprint density at radius 2 is 1.92 bits per heavy atom. The van der Waals surface area contributed by atoms with Gasteiger partial charge in [-0.05, 0) is 25.0 Å². The van der Waals surface area contributed by atoms with Crippen LogP contribution >= 0.6 is 11.3 Å². The van der Waals surface area contributed by atoms with Crippen LogP contribution in [-0.4, -0.2) is 65.9 Å². The van der Waals surface area contributed by atoms with Crippen LogP contribution in [0, 0.1) is 5.92 Å². The van der Waals surface area contributed by atoms with Crippen molar-refractivity contribution in [3.05, 3.63) is 29.3 Å². The highest BCUT2D eigenvalue weighted by Gasteiger charge is 2.34. The van der Waals surface area contributed by atoms with Gasteiger partial charge in [0.1, 0.15) is 0 Å². The summed E-state index contributed by atoms with van der Waals surface area (Å²) in [4.78, 5) is 32.9. The highest BCUT2D eigenvalue weighted by atomic mass is 32.1. The number of hydrogen-bond donors (Lipinski definition) is 1. The average molecular weight is 372 g/mol. The average Bonchev–Trinajstić information content (AvgIpc) is 3.41. The van der Waals surface area contributed by atoms with Gasteiger partial charge in [-0.2, -0.15) is 0 Å². The van der Waals surface area contributed by atoms with Crippen molar-refractivity contribution in [2.45, 2.75) is 19.3 Å². The zero-order valence-electron chi connectivity index (χ0n) is 14.8. The highest BCUT2D eigenvalue weighted by Crippen LogP contribution is 2.31. The van der Waals surface area contributed by atoms with Gasteiger partial charge in [0, 0.05) is 45.1 Å². The molecular weight excluding hydrogens is 348 g/mol. The van der Waals surface area contributed by atoms with Gasteiger partial charge in [0.2, 0.25) is 11.8 Å². The van der Waals surface area contributed by atoms with Crippen molar-refractivity contribution in [2.75, 3.05) is 39.3 Å². The van der Waals surface area contributed by atoms with Crippen LogP contribution in [0.5, 0.6) is 0 Å². The Balaban J connectivity index is 1.17. The smallest absolute Gasteiger partial charge is 0.234 e. The van der Waals surface area contributed by atoms with Gasteiger partial charge in [0.15, 0.2) is 0 Å². The van der Waals surface area contributed by atoms with E-state index in [-0.39, 0.29) is 11.8 Å². The van der Waals surface area contributed by atoms with Crippen LogP contribution in [0.3, 0.4) is 0 Å². The predicted octanol–water partition coefficient (Wildman–Crippen LogP) is 1.51. The molecule has 6 nitrogen and oxygen atoms in total. The van der Waals surface area contributed by atoms with Gasteiger partial charge in [0.05, 0.1) is 21.8 Å². The number of carbonyl (C=O) groups is 2. The number of nitrogens with one attached hydrogen (secondary N) is 1. The molecule has 26 heavy (non-hydrogen) atoms. The Labute approximate surface area is 157 Å². The minimum atomic E-state index is 0.0491. The van der Waals surface area contributed by atoms with E-state index in [1.54, 1.807) is 11.3 Å². The van der Waals surface area contributed by atoms with Crippen LogP contribution in [0.15, 0.2) is 24.3 Å². The molecule has 138 valence electrons. The number of amides is 2. The maximum absolute atomic E-state index is 12.2. The highest BCUT2D eigenvalue weighted by molar-refractivity contribution is 7.18. The summed E-state index contributed by atoms with van der Waals surface area (Å²) in [5, 5.41) is 4.04. The fourth-order valence-electron chi connectivity index (χ4n) is 3.31. The lowest BCUT2D eigenvalue weighted by molar-refractivity contribution is -0.134. The van der Waals surface area contributed by atoms with E-state index < -0.39 is 0 Å². The van der Waals surface area contributed by atoms with Crippen LogP contribution in [0.4, 0.5) is 0 Å². The van der Waals surface area contributed by atoms with Crippen LogP contribution < -0.4 is 5.32 Å². The molecular formula is C19H24N4O2S. The monoisotopic (exact) mass is 372 g/mol. The van der Waals surface area contributed by atoms with Gasteiger partial charge in [-0.15, -0.1) is 11.3 Å². The van der Waals surface area contributed by atoms with Crippen LogP contribution in [-0.2, 0) is 16.0 Å². The van der Waals surface area contributed by atoms with E-state index in [1.807, 2.05) is 23.1 Å². The maximum atomic E-state index is 12.2. The van der Waals surface area contributed by atoms with Gasteiger partial charge < -0.3 is 10.2 Å². The standard InChI is InChI=1S/C19H24N4O2S/c24-17(13-22-9-11-23(12-10-22)19(25)14-5-6-14)20-8-7-18-21-15-3-1-2-4-16(15)26-18/h1-4,14H,5-13H2,(H,20,24). The number of nitrogens with zero attached hydrogens (tertiary/aromatic N) is 3. The Kier molecular flexibility index (Phi) is 5.17. The Morgan fingerprint density at radius 1 is 1.15 bits per heavy atom.